The van der Waals surface area contributed by atoms with Crippen LogP contribution in [0.1, 0.15) is 27.2 Å². The first-order valence-corrected chi connectivity index (χ1v) is 6.81. The second-order valence-electron chi connectivity index (χ2n) is 5.46. The van der Waals surface area contributed by atoms with E-state index in [1.54, 1.807) is 14.0 Å². The SMILES string of the molecule is CCC(C)N1CCN(CC(C)(NC)C(=O)O)CC1. The summed E-state index contributed by atoms with van der Waals surface area (Å²) in [7, 11) is 1.71. The van der Waals surface area contributed by atoms with E-state index in [9.17, 15) is 9.90 Å². The summed E-state index contributed by atoms with van der Waals surface area (Å²) in [5.74, 6) is -0.783. The largest absolute Gasteiger partial charge is 0.480 e. The Labute approximate surface area is 110 Å². The van der Waals surface area contributed by atoms with Gasteiger partial charge in [-0.1, -0.05) is 6.92 Å². The number of hydrogen-bond acceptors (Lipinski definition) is 4. The third-order valence-electron chi connectivity index (χ3n) is 4.18. The van der Waals surface area contributed by atoms with Gasteiger partial charge in [-0.2, -0.15) is 0 Å². The normalized spacial score (nSPS) is 23.6. The van der Waals surface area contributed by atoms with E-state index in [0.717, 1.165) is 26.2 Å². The van der Waals surface area contributed by atoms with Crippen LogP contribution < -0.4 is 5.32 Å². The number of likely N-dealkylation sites (N-methyl/N-ethyl adjacent to an activating group) is 1. The lowest BCUT2D eigenvalue weighted by molar-refractivity contribution is -0.145. The smallest absolute Gasteiger partial charge is 0.324 e. The quantitative estimate of drug-likeness (QED) is 0.724. The van der Waals surface area contributed by atoms with E-state index in [1.807, 2.05) is 0 Å². The second kappa shape index (κ2) is 6.50. The summed E-state index contributed by atoms with van der Waals surface area (Å²) in [6, 6.07) is 0.627. The molecule has 1 rings (SSSR count). The van der Waals surface area contributed by atoms with E-state index in [-0.39, 0.29) is 0 Å². The highest BCUT2D eigenvalue weighted by atomic mass is 16.4. The summed E-state index contributed by atoms with van der Waals surface area (Å²) in [4.78, 5) is 16.0. The van der Waals surface area contributed by atoms with Crippen molar-refractivity contribution < 1.29 is 9.90 Å². The van der Waals surface area contributed by atoms with Crippen LogP contribution in [0.5, 0.6) is 0 Å². The van der Waals surface area contributed by atoms with Crippen molar-refractivity contribution in [2.24, 2.45) is 0 Å². The molecule has 0 aromatic carbocycles. The average Bonchev–Trinajstić information content (AvgIpc) is 2.38. The van der Waals surface area contributed by atoms with Crippen LogP contribution in [0.3, 0.4) is 0 Å². The van der Waals surface area contributed by atoms with Crippen LogP contribution in [-0.4, -0.2) is 72.2 Å². The van der Waals surface area contributed by atoms with Gasteiger partial charge in [0.25, 0.3) is 0 Å². The number of carboxylic acid groups (broad SMARTS) is 1. The lowest BCUT2D eigenvalue weighted by Crippen LogP contribution is -2.59. The molecule has 18 heavy (non-hydrogen) atoms. The van der Waals surface area contributed by atoms with Crippen LogP contribution >= 0.6 is 0 Å². The molecule has 2 N–H and O–H groups in total. The minimum absolute atomic E-state index is 0.563. The molecule has 0 aromatic rings. The second-order valence-corrected chi connectivity index (χ2v) is 5.46. The molecule has 0 aliphatic carbocycles. The number of aliphatic carboxylic acids is 1. The molecule has 1 saturated heterocycles. The Bertz CT molecular complexity index is 277. The number of piperazine rings is 1. The van der Waals surface area contributed by atoms with E-state index in [1.165, 1.54) is 6.42 Å². The van der Waals surface area contributed by atoms with E-state index in [4.69, 9.17) is 0 Å². The van der Waals surface area contributed by atoms with Crippen LogP contribution in [0.4, 0.5) is 0 Å². The highest BCUT2D eigenvalue weighted by Gasteiger charge is 2.34. The van der Waals surface area contributed by atoms with Crippen LogP contribution in [0.25, 0.3) is 0 Å². The third kappa shape index (κ3) is 3.67. The van der Waals surface area contributed by atoms with Crippen molar-refractivity contribution >= 4 is 5.97 Å². The minimum Gasteiger partial charge on any atom is -0.480 e. The first-order chi connectivity index (χ1) is 8.42. The van der Waals surface area contributed by atoms with Gasteiger partial charge in [0, 0.05) is 38.8 Å². The van der Waals surface area contributed by atoms with Crippen molar-refractivity contribution in [3.63, 3.8) is 0 Å². The zero-order valence-corrected chi connectivity index (χ0v) is 12.1. The van der Waals surface area contributed by atoms with Crippen molar-refractivity contribution in [3.8, 4) is 0 Å². The molecule has 1 fully saturated rings. The Morgan fingerprint density at radius 3 is 2.33 bits per heavy atom. The van der Waals surface area contributed by atoms with Crippen molar-refractivity contribution in [1.29, 1.82) is 0 Å². The molecule has 106 valence electrons. The number of nitrogens with zero attached hydrogens (tertiary/aromatic N) is 2. The third-order valence-corrected chi connectivity index (χ3v) is 4.18. The van der Waals surface area contributed by atoms with Gasteiger partial charge in [-0.15, -0.1) is 0 Å². The fourth-order valence-electron chi connectivity index (χ4n) is 2.32. The number of rotatable bonds is 6. The fourth-order valence-corrected chi connectivity index (χ4v) is 2.32. The molecule has 0 radical (unpaired) electrons. The highest BCUT2D eigenvalue weighted by Crippen LogP contribution is 2.12. The molecule has 2 atom stereocenters. The van der Waals surface area contributed by atoms with Gasteiger partial charge in [0.05, 0.1) is 0 Å². The Balaban J connectivity index is 2.46. The molecular formula is C13H27N3O2. The van der Waals surface area contributed by atoms with E-state index in [2.05, 4.69) is 29.0 Å². The first kappa shape index (κ1) is 15.4. The predicted octanol–water partition coefficient (Wildman–Crippen LogP) is 0.465. The van der Waals surface area contributed by atoms with E-state index >= 15 is 0 Å². The van der Waals surface area contributed by atoms with Gasteiger partial charge in [0.15, 0.2) is 0 Å². The zero-order valence-electron chi connectivity index (χ0n) is 12.1. The number of nitrogens with one attached hydrogen (secondary N) is 1. The molecule has 1 aliphatic rings. The monoisotopic (exact) mass is 257 g/mol. The Hall–Kier alpha value is -0.650. The summed E-state index contributed by atoms with van der Waals surface area (Å²) in [5, 5.41) is 12.2. The molecule has 1 heterocycles. The maximum Gasteiger partial charge on any atom is 0.324 e. The topological polar surface area (TPSA) is 55.8 Å². The maximum atomic E-state index is 11.2. The van der Waals surface area contributed by atoms with Crippen molar-refractivity contribution in [3.05, 3.63) is 0 Å². The molecule has 0 amide bonds. The van der Waals surface area contributed by atoms with Crippen LogP contribution in [0.2, 0.25) is 0 Å². The molecule has 5 nitrogen and oxygen atoms in total. The summed E-state index contributed by atoms with van der Waals surface area (Å²) < 4.78 is 0. The molecule has 5 heteroatoms. The van der Waals surface area contributed by atoms with Gasteiger partial charge in [-0.3, -0.25) is 14.6 Å². The Morgan fingerprint density at radius 2 is 1.94 bits per heavy atom. The van der Waals surface area contributed by atoms with Crippen molar-refractivity contribution in [1.82, 2.24) is 15.1 Å². The molecule has 1 aliphatic heterocycles. The molecule has 0 spiro atoms. The van der Waals surface area contributed by atoms with Gasteiger partial charge in [0.1, 0.15) is 5.54 Å². The first-order valence-electron chi connectivity index (χ1n) is 6.81. The highest BCUT2D eigenvalue weighted by molar-refractivity contribution is 5.78. The zero-order chi connectivity index (χ0) is 13.8. The summed E-state index contributed by atoms with van der Waals surface area (Å²) >= 11 is 0. The maximum absolute atomic E-state index is 11.2. The van der Waals surface area contributed by atoms with E-state index in [0.29, 0.717) is 12.6 Å². The van der Waals surface area contributed by atoms with Gasteiger partial charge in [-0.25, -0.2) is 0 Å². The lowest BCUT2D eigenvalue weighted by atomic mass is 10.0. The molecule has 0 saturated carbocycles. The van der Waals surface area contributed by atoms with Gasteiger partial charge < -0.3 is 10.4 Å². The van der Waals surface area contributed by atoms with Gasteiger partial charge in [0.2, 0.25) is 0 Å². The fraction of sp³-hybridized carbons (Fsp3) is 0.923. The molecule has 0 bridgehead atoms. The molecular weight excluding hydrogens is 230 g/mol. The van der Waals surface area contributed by atoms with Gasteiger partial charge >= 0.3 is 5.97 Å². The summed E-state index contributed by atoms with van der Waals surface area (Å²) in [6.07, 6.45) is 1.17. The Kier molecular flexibility index (Phi) is 5.56. The molecule has 0 aromatic heterocycles. The minimum atomic E-state index is -0.849. The standard InChI is InChI=1S/C13H27N3O2/c1-5-11(2)16-8-6-15(7-9-16)10-13(3,14-4)12(17)18/h11,14H,5-10H2,1-4H3,(H,17,18). The number of carboxylic acids is 1. The van der Waals surface area contributed by atoms with Crippen LogP contribution in [0, 0.1) is 0 Å². The van der Waals surface area contributed by atoms with E-state index < -0.39 is 11.5 Å². The molecule has 2 unspecified atom stereocenters. The van der Waals surface area contributed by atoms with Crippen LogP contribution in [-0.2, 0) is 4.79 Å². The van der Waals surface area contributed by atoms with Crippen molar-refractivity contribution in [2.75, 3.05) is 39.8 Å². The van der Waals surface area contributed by atoms with Gasteiger partial charge in [-0.05, 0) is 27.3 Å². The van der Waals surface area contributed by atoms with Crippen LogP contribution in [0.15, 0.2) is 0 Å². The summed E-state index contributed by atoms with van der Waals surface area (Å²) in [5.41, 5.74) is -0.849. The van der Waals surface area contributed by atoms with Crippen molar-refractivity contribution in [2.45, 2.75) is 38.8 Å². The Morgan fingerprint density at radius 1 is 1.39 bits per heavy atom. The average molecular weight is 257 g/mol. The lowest BCUT2D eigenvalue weighted by Gasteiger charge is -2.40. The number of carbonyl (C=O) groups is 1. The predicted molar refractivity (Wildman–Crippen MR) is 72.9 cm³/mol. The summed E-state index contributed by atoms with van der Waals surface area (Å²) in [6.45, 7) is 10.8. The number of hydrogen-bond donors (Lipinski definition) is 2.